The van der Waals surface area contributed by atoms with Crippen LogP contribution in [0.15, 0.2) is 18.2 Å². The first-order chi connectivity index (χ1) is 11.3. The van der Waals surface area contributed by atoms with Gasteiger partial charge in [0.25, 0.3) is 0 Å². The van der Waals surface area contributed by atoms with Gasteiger partial charge < -0.3 is 10.0 Å². The Balaban J connectivity index is 1.60. The van der Waals surface area contributed by atoms with Gasteiger partial charge in [-0.05, 0) is 37.3 Å². The smallest absolute Gasteiger partial charge is 0.317 e. The molecule has 2 aliphatic rings. The summed E-state index contributed by atoms with van der Waals surface area (Å²) < 4.78 is 26.8. The molecule has 2 N–H and O–H groups in total. The Hall–Kier alpha value is -2.02. The lowest BCUT2D eigenvalue weighted by Crippen LogP contribution is -2.47. The maximum absolute atomic E-state index is 13.8. The lowest BCUT2D eigenvalue weighted by Gasteiger charge is -2.25. The van der Waals surface area contributed by atoms with Crippen LogP contribution in [0.3, 0.4) is 0 Å². The topological polar surface area (TPSA) is 69.6 Å². The number of hydrogen-bond donors (Lipinski definition) is 2. The quantitative estimate of drug-likeness (QED) is 0.858. The first-order valence-corrected chi connectivity index (χ1v) is 8.00. The number of rotatable bonds is 5. The molecule has 1 amide bonds. The van der Waals surface area contributed by atoms with E-state index in [1.807, 2.05) is 6.92 Å². The van der Waals surface area contributed by atoms with Crippen LogP contribution in [0.5, 0.6) is 0 Å². The molecule has 2 fully saturated rings. The van der Waals surface area contributed by atoms with E-state index in [1.54, 1.807) is 4.90 Å². The van der Waals surface area contributed by atoms with Crippen molar-refractivity contribution in [1.82, 2.24) is 10.2 Å². The molecule has 3 rings (SSSR count). The number of benzene rings is 1. The third-order valence-electron chi connectivity index (χ3n) is 4.92. The molecule has 0 spiro atoms. The number of aliphatic carboxylic acids is 1. The highest BCUT2D eigenvalue weighted by Gasteiger charge is 2.49. The molecule has 1 saturated carbocycles. The van der Waals surface area contributed by atoms with Crippen molar-refractivity contribution >= 4 is 11.9 Å². The van der Waals surface area contributed by atoms with Crippen molar-refractivity contribution in [2.24, 2.45) is 5.92 Å². The lowest BCUT2D eigenvalue weighted by atomic mass is 10.0. The first-order valence-electron chi connectivity index (χ1n) is 8.00. The Morgan fingerprint density at radius 1 is 1.42 bits per heavy atom. The molecule has 0 radical (unpaired) electrons. The number of halogens is 2. The van der Waals surface area contributed by atoms with Gasteiger partial charge in [0.2, 0.25) is 5.91 Å². The number of likely N-dealkylation sites (tertiary alicyclic amines) is 1. The SMILES string of the molecule is C[C@]1(NCC(=O)O)CCN(C(=O)[C@H]2C[C@H]2c2ccc(F)cc2F)C1. The predicted octanol–water partition coefficient (Wildman–Crippen LogP) is 1.73. The molecule has 1 aromatic rings. The number of nitrogens with zero attached hydrogens (tertiary/aromatic N) is 1. The van der Waals surface area contributed by atoms with Crippen LogP contribution in [0, 0.1) is 17.6 Å². The van der Waals surface area contributed by atoms with Gasteiger partial charge in [-0.2, -0.15) is 0 Å². The van der Waals surface area contributed by atoms with E-state index in [-0.39, 0.29) is 24.3 Å². The molecule has 5 nitrogen and oxygen atoms in total. The Kier molecular flexibility index (Phi) is 4.29. The van der Waals surface area contributed by atoms with E-state index in [0.29, 0.717) is 31.5 Å². The van der Waals surface area contributed by atoms with Gasteiger partial charge >= 0.3 is 5.97 Å². The second-order valence-corrected chi connectivity index (χ2v) is 6.93. The molecular formula is C17H20F2N2O3. The van der Waals surface area contributed by atoms with Crippen molar-refractivity contribution in [2.45, 2.75) is 31.2 Å². The van der Waals surface area contributed by atoms with Crippen LogP contribution in [0.1, 0.15) is 31.2 Å². The molecule has 24 heavy (non-hydrogen) atoms. The van der Waals surface area contributed by atoms with Gasteiger partial charge in [0.15, 0.2) is 0 Å². The zero-order valence-corrected chi connectivity index (χ0v) is 13.4. The zero-order chi connectivity index (χ0) is 17.5. The molecular weight excluding hydrogens is 318 g/mol. The predicted molar refractivity (Wildman–Crippen MR) is 82.4 cm³/mol. The maximum Gasteiger partial charge on any atom is 0.317 e. The molecule has 1 aliphatic heterocycles. The lowest BCUT2D eigenvalue weighted by molar-refractivity contribution is -0.136. The number of carboxylic acids is 1. The van der Waals surface area contributed by atoms with E-state index in [9.17, 15) is 18.4 Å². The molecule has 0 unspecified atom stereocenters. The van der Waals surface area contributed by atoms with Crippen LogP contribution in [0.4, 0.5) is 8.78 Å². The van der Waals surface area contributed by atoms with Gasteiger partial charge in [-0.1, -0.05) is 6.07 Å². The summed E-state index contributed by atoms with van der Waals surface area (Å²) in [4.78, 5) is 25.0. The van der Waals surface area contributed by atoms with Crippen LogP contribution in [-0.4, -0.2) is 47.1 Å². The Morgan fingerprint density at radius 2 is 2.17 bits per heavy atom. The van der Waals surface area contributed by atoms with Gasteiger partial charge in [-0.25, -0.2) is 8.78 Å². The number of carboxylic acid groups (broad SMARTS) is 1. The van der Waals surface area contributed by atoms with Crippen molar-refractivity contribution in [2.75, 3.05) is 19.6 Å². The largest absolute Gasteiger partial charge is 0.480 e. The minimum absolute atomic E-state index is 0.0374. The fourth-order valence-electron chi connectivity index (χ4n) is 3.43. The average Bonchev–Trinajstić information content (AvgIpc) is 3.20. The molecule has 7 heteroatoms. The van der Waals surface area contributed by atoms with Crippen LogP contribution in [0.2, 0.25) is 0 Å². The van der Waals surface area contributed by atoms with Gasteiger partial charge in [0.1, 0.15) is 11.6 Å². The highest BCUT2D eigenvalue weighted by Crippen LogP contribution is 2.49. The minimum atomic E-state index is -0.935. The number of amides is 1. The second kappa shape index (κ2) is 6.12. The molecule has 1 heterocycles. The molecule has 0 aromatic heterocycles. The molecule has 1 aromatic carbocycles. The fraction of sp³-hybridized carbons (Fsp3) is 0.529. The number of nitrogens with one attached hydrogen (secondary N) is 1. The van der Waals surface area contributed by atoms with Crippen LogP contribution < -0.4 is 5.32 Å². The average molecular weight is 338 g/mol. The van der Waals surface area contributed by atoms with E-state index in [4.69, 9.17) is 5.11 Å². The van der Waals surface area contributed by atoms with Crippen molar-refractivity contribution in [3.63, 3.8) is 0 Å². The van der Waals surface area contributed by atoms with Gasteiger partial charge in [0, 0.05) is 30.6 Å². The summed E-state index contributed by atoms with van der Waals surface area (Å²) in [7, 11) is 0. The van der Waals surface area contributed by atoms with Crippen molar-refractivity contribution in [3.05, 3.63) is 35.4 Å². The molecule has 1 saturated heterocycles. The summed E-state index contributed by atoms with van der Waals surface area (Å²) in [5, 5.41) is 11.7. The molecule has 1 aliphatic carbocycles. The fourth-order valence-corrected chi connectivity index (χ4v) is 3.43. The Morgan fingerprint density at radius 3 is 2.83 bits per heavy atom. The van der Waals surface area contributed by atoms with E-state index in [2.05, 4.69) is 5.32 Å². The van der Waals surface area contributed by atoms with Crippen LogP contribution in [0.25, 0.3) is 0 Å². The number of carbonyl (C=O) groups is 2. The van der Waals surface area contributed by atoms with Crippen LogP contribution in [-0.2, 0) is 9.59 Å². The van der Waals surface area contributed by atoms with Gasteiger partial charge in [-0.15, -0.1) is 0 Å². The monoisotopic (exact) mass is 338 g/mol. The third-order valence-corrected chi connectivity index (χ3v) is 4.92. The molecule has 130 valence electrons. The highest BCUT2D eigenvalue weighted by molar-refractivity contribution is 5.83. The zero-order valence-electron chi connectivity index (χ0n) is 13.4. The number of hydrogen-bond acceptors (Lipinski definition) is 3. The van der Waals surface area contributed by atoms with E-state index in [0.717, 1.165) is 6.07 Å². The van der Waals surface area contributed by atoms with E-state index in [1.165, 1.54) is 12.1 Å². The number of carbonyl (C=O) groups excluding carboxylic acids is 1. The van der Waals surface area contributed by atoms with Gasteiger partial charge in [-0.3, -0.25) is 14.9 Å². The van der Waals surface area contributed by atoms with E-state index < -0.39 is 23.1 Å². The summed E-state index contributed by atoms with van der Waals surface area (Å²) in [5.41, 5.74) is -0.0276. The Bertz CT molecular complexity index is 682. The summed E-state index contributed by atoms with van der Waals surface area (Å²) in [6, 6.07) is 3.46. The van der Waals surface area contributed by atoms with Gasteiger partial charge in [0.05, 0.1) is 6.54 Å². The second-order valence-electron chi connectivity index (χ2n) is 6.93. The summed E-state index contributed by atoms with van der Waals surface area (Å²) >= 11 is 0. The first kappa shape index (κ1) is 16.8. The summed E-state index contributed by atoms with van der Waals surface area (Å²) in [6.07, 6.45) is 1.24. The Labute approximate surface area is 138 Å². The normalized spacial score (nSPS) is 28.9. The summed E-state index contributed by atoms with van der Waals surface area (Å²) in [6.45, 7) is 2.74. The van der Waals surface area contributed by atoms with E-state index >= 15 is 0 Å². The van der Waals surface area contributed by atoms with Crippen LogP contribution >= 0.6 is 0 Å². The third kappa shape index (κ3) is 3.40. The maximum atomic E-state index is 13.8. The van der Waals surface area contributed by atoms with Crippen molar-refractivity contribution in [3.8, 4) is 0 Å². The van der Waals surface area contributed by atoms with Crippen molar-refractivity contribution in [1.29, 1.82) is 0 Å². The molecule has 3 atom stereocenters. The van der Waals surface area contributed by atoms with Crippen molar-refractivity contribution < 1.29 is 23.5 Å². The highest BCUT2D eigenvalue weighted by atomic mass is 19.1. The summed E-state index contributed by atoms with van der Waals surface area (Å²) in [5.74, 6) is -2.67. The minimum Gasteiger partial charge on any atom is -0.480 e. The molecule has 0 bridgehead atoms. The standard InChI is InChI=1S/C17H20F2N2O3/c1-17(20-8-15(22)23)4-5-21(9-17)16(24)13-7-12(13)11-3-2-10(18)6-14(11)19/h2-3,6,12-13,20H,4-5,7-9H2,1H3,(H,22,23)/t12-,13-,17-/m0/s1.